The zero-order valence-electron chi connectivity index (χ0n) is 13.4. The van der Waals surface area contributed by atoms with E-state index in [9.17, 15) is 9.18 Å². The van der Waals surface area contributed by atoms with E-state index in [1.54, 1.807) is 18.2 Å². The lowest BCUT2D eigenvalue weighted by Crippen LogP contribution is -2.17. The Labute approximate surface area is 183 Å². The Morgan fingerprint density at radius 2 is 1.85 bits per heavy atom. The first-order valence-electron chi connectivity index (χ1n) is 7.39. The van der Waals surface area contributed by atoms with E-state index in [-0.39, 0.29) is 23.0 Å². The van der Waals surface area contributed by atoms with E-state index in [0.717, 1.165) is 25.2 Å². The van der Waals surface area contributed by atoms with Crippen LogP contribution in [0.5, 0.6) is 0 Å². The fraction of sp³-hybridized carbons (Fsp3) is 0.0625. The topological polar surface area (TPSA) is 85.8 Å². The minimum atomic E-state index is -0.448. The molecule has 0 saturated heterocycles. The first-order chi connectivity index (χ1) is 12.9. The van der Waals surface area contributed by atoms with Crippen molar-refractivity contribution < 1.29 is 9.18 Å². The molecule has 0 atom stereocenters. The van der Waals surface area contributed by atoms with Crippen molar-refractivity contribution >= 4 is 71.1 Å². The summed E-state index contributed by atoms with van der Waals surface area (Å²) in [5.74, 6) is 5.51. The van der Waals surface area contributed by atoms with Gasteiger partial charge in [-0.25, -0.2) is 9.07 Å². The van der Waals surface area contributed by atoms with Crippen LogP contribution < -0.4 is 11.2 Å². The van der Waals surface area contributed by atoms with Gasteiger partial charge in [-0.3, -0.25) is 4.79 Å². The van der Waals surface area contributed by atoms with Gasteiger partial charge < -0.3 is 11.2 Å². The number of nitrogens with zero attached hydrogens (tertiary/aromatic N) is 3. The molecule has 0 aliphatic carbocycles. The van der Waals surface area contributed by atoms with Crippen LogP contribution in [0.2, 0.25) is 0 Å². The minimum Gasteiger partial charge on any atom is -0.335 e. The normalized spacial score (nSPS) is 10.8. The fourth-order valence-corrected chi connectivity index (χ4v) is 5.28. The summed E-state index contributed by atoms with van der Waals surface area (Å²) >= 11 is 11.3. The maximum atomic E-state index is 13.9. The van der Waals surface area contributed by atoms with Gasteiger partial charge in [-0.15, -0.1) is 10.2 Å². The number of hydrogen-bond donors (Lipinski definition) is 2. The number of hydrogen-bond acceptors (Lipinski definition) is 5. The summed E-state index contributed by atoms with van der Waals surface area (Å²) in [6.45, 7) is 0. The molecule has 3 N–H and O–H groups in total. The third-order valence-electron chi connectivity index (χ3n) is 3.38. The molecular weight excluding hydrogens is 569 g/mol. The summed E-state index contributed by atoms with van der Waals surface area (Å²) in [6.07, 6.45) is 0. The fourth-order valence-electron chi connectivity index (χ4n) is 2.17. The van der Waals surface area contributed by atoms with Gasteiger partial charge in [-0.05, 0) is 56.1 Å². The summed E-state index contributed by atoms with van der Waals surface area (Å²) in [4.78, 5) is 12.3. The highest BCUT2D eigenvalue weighted by molar-refractivity contribution is 9.11. The number of amides is 1. The third kappa shape index (κ3) is 4.71. The van der Waals surface area contributed by atoms with Crippen LogP contribution in [0.1, 0.15) is 0 Å². The molecule has 1 amide bonds. The van der Waals surface area contributed by atoms with Crippen molar-refractivity contribution in [1.82, 2.24) is 14.9 Å². The number of rotatable bonds is 5. The predicted octanol–water partition coefficient (Wildman–Crippen LogP) is 4.82. The van der Waals surface area contributed by atoms with Gasteiger partial charge >= 0.3 is 0 Å². The highest BCUT2D eigenvalue weighted by Crippen LogP contribution is 2.34. The molecule has 6 nitrogen and oxygen atoms in total. The molecule has 1 heterocycles. The van der Waals surface area contributed by atoms with Gasteiger partial charge in [0.05, 0.1) is 17.0 Å². The highest BCUT2D eigenvalue weighted by atomic mass is 79.9. The second kappa shape index (κ2) is 8.72. The highest BCUT2D eigenvalue weighted by Gasteiger charge is 2.17. The molecule has 0 aliphatic rings. The number of anilines is 1. The molecule has 1 aromatic heterocycles. The maximum absolute atomic E-state index is 13.9. The van der Waals surface area contributed by atoms with Crippen LogP contribution in [0, 0.1) is 5.82 Å². The third-order valence-corrected chi connectivity index (χ3v) is 6.03. The van der Waals surface area contributed by atoms with E-state index in [2.05, 4.69) is 63.3 Å². The van der Waals surface area contributed by atoms with Crippen LogP contribution in [-0.2, 0) is 4.79 Å². The number of nitrogens with two attached hydrogens (primary N) is 1. The quantitative estimate of drug-likeness (QED) is 0.334. The summed E-state index contributed by atoms with van der Waals surface area (Å²) < 4.78 is 17.4. The zero-order chi connectivity index (χ0) is 19.6. The van der Waals surface area contributed by atoms with E-state index in [0.29, 0.717) is 10.8 Å². The van der Waals surface area contributed by atoms with Gasteiger partial charge in [0.1, 0.15) is 5.82 Å². The van der Waals surface area contributed by atoms with Crippen LogP contribution in [0.15, 0.2) is 55.0 Å². The number of benzene rings is 2. The molecule has 2 aromatic carbocycles. The van der Waals surface area contributed by atoms with Gasteiger partial charge in [0.25, 0.3) is 0 Å². The van der Waals surface area contributed by atoms with E-state index in [1.165, 1.54) is 10.7 Å². The minimum absolute atomic E-state index is 0.0571. The number of aromatic nitrogens is 3. The first-order valence-corrected chi connectivity index (χ1v) is 10.8. The molecule has 0 aliphatic heterocycles. The Hall–Kier alpha value is -1.43. The van der Waals surface area contributed by atoms with Crippen LogP contribution in [0.25, 0.3) is 11.4 Å². The van der Waals surface area contributed by atoms with E-state index < -0.39 is 5.82 Å². The summed E-state index contributed by atoms with van der Waals surface area (Å²) in [6, 6.07) is 9.79. The molecule has 0 bridgehead atoms. The lowest BCUT2D eigenvalue weighted by molar-refractivity contribution is -0.113. The standard InChI is InChI=1S/C16H11Br3FN5OS/c17-8-5-10(18)14(11(19)6-8)22-13(26)7-27-16-24-23-15(25(16)21)9-3-1-2-4-12(9)20/h1-6H,7,21H2,(H,22,26). The lowest BCUT2D eigenvalue weighted by atomic mass is 10.2. The molecule has 3 aromatic rings. The number of halogens is 4. The average molecular weight is 580 g/mol. The van der Waals surface area contributed by atoms with Crippen molar-refractivity contribution in [2.45, 2.75) is 5.16 Å². The number of nitrogen functional groups attached to an aromatic ring is 1. The van der Waals surface area contributed by atoms with E-state index in [4.69, 9.17) is 5.84 Å². The monoisotopic (exact) mass is 577 g/mol. The largest absolute Gasteiger partial charge is 0.335 e. The van der Waals surface area contributed by atoms with Gasteiger partial charge in [-0.1, -0.05) is 39.8 Å². The molecule has 0 radical (unpaired) electrons. The van der Waals surface area contributed by atoms with Crippen molar-refractivity contribution in [2.24, 2.45) is 0 Å². The second-order valence-corrected chi connectivity index (χ2v) is 8.80. The summed E-state index contributed by atoms with van der Waals surface area (Å²) in [7, 11) is 0. The molecule has 0 unspecified atom stereocenters. The SMILES string of the molecule is Nn1c(SCC(=O)Nc2c(Br)cc(Br)cc2Br)nnc1-c1ccccc1F. The number of carbonyl (C=O) groups is 1. The Morgan fingerprint density at radius 3 is 2.52 bits per heavy atom. The van der Waals surface area contributed by atoms with Crippen LogP contribution in [0.4, 0.5) is 10.1 Å². The summed E-state index contributed by atoms with van der Waals surface area (Å²) in [5, 5.41) is 11.0. The molecule has 3 rings (SSSR count). The molecule has 0 saturated carbocycles. The van der Waals surface area contributed by atoms with Gasteiger partial charge in [-0.2, -0.15) is 0 Å². The molecule has 0 spiro atoms. The second-order valence-electron chi connectivity index (χ2n) is 5.24. The van der Waals surface area contributed by atoms with Crippen molar-refractivity contribution in [1.29, 1.82) is 0 Å². The average Bonchev–Trinajstić information content (AvgIpc) is 2.97. The number of carbonyl (C=O) groups excluding carboxylic acids is 1. The molecular formula is C16H11Br3FN5OS. The Kier molecular flexibility index (Phi) is 6.56. The molecule has 140 valence electrons. The predicted molar refractivity (Wildman–Crippen MR) is 114 cm³/mol. The first kappa shape index (κ1) is 20.3. The molecule has 11 heteroatoms. The Bertz CT molecular complexity index is 990. The maximum Gasteiger partial charge on any atom is 0.234 e. The summed E-state index contributed by atoms with van der Waals surface area (Å²) in [5.41, 5.74) is 0.858. The van der Waals surface area contributed by atoms with Crippen LogP contribution in [-0.4, -0.2) is 26.5 Å². The Morgan fingerprint density at radius 1 is 1.19 bits per heavy atom. The van der Waals surface area contributed by atoms with Crippen molar-refractivity contribution in [2.75, 3.05) is 16.9 Å². The van der Waals surface area contributed by atoms with Crippen molar-refractivity contribution in [3.8, 4) is 11.4 Å². The molecule has 0 fully saturated rings. The van der Waals surface area contributed by atoms with Gasteiger partial charge in [0, 0.05) is 13.4 Å². The number of nitrogens with one attached hydrogen (secondary N) is 1. The smallest absolute Gasteiger partial charge is 0.234 e. The van der Waals surface area contributed by atoms with Gasteiger partial charge in [0.15, 0.2) is 5.82 Å². The van der Waals surface area contributed by atoms with Crippen LogP contribution >= 0.6 is 59.6 Å². The number of thioether (sulfide) groups is 1. The molecule has 27 heavy (non-hydrogen) atoms. The van der Waals surface area contributed by atoms with E-state index >= 15 is 0 Å². The van der Waals surface area contributed by atoms with Crippen molar-refractivity contribution in [3.05, 3.63) is 55.6 Å². The van der Waals surface area contributed by atoms with E-state index in [1.807, 2.05) is 12.1 Å². The van der Waals surface area contributed by atoms with Crippen LogP contribution in [0.3, 0.4) is 0 Å². The zero-order valence-corrected chi connectivity index (χ0v) is 19.0. The van der Waals surface area contributed by atoms with Crippen molar-refractivity contribution in [3.63, 3.8) is 0 Å². The lowest BCUT2D eigenvalue weighted by Gasteiger charge is -2.10. The van der Waals surface area contributed by atoms with Gasteiger partial charge in [0.2, 0.25) is 11.1 Å². The Balaban J connectivity index is 1.69.